The Balaban J connectivity index is 0.000000531. The molecule has 3 nitrogen and oxygen atoms in total. The van der Waals surface area contributed by atoms with Gasteiger partial charge in [-0.1, -0.05) is 34.6 Å². The third kappa shape index (κ3) is 2.35. The second-order valence-electron chi connectivity index (χ2n) is 4.25. The topological polar surface area (TPSA) is 41.6 Å². The van der Waals surface area contributed by atoms with E-state index in [1.54, 1.807) is 6.20 Å². The van der Waals surface area contributed by atoms with Crippen molar-refractivity contribution in [3.8, 4) is 0 Å². The Bertz CT molecular complexity index is 424. The molecule has 1 N–H and O–H groups in total. The molecular weight excluding hydrogens is 186 g/mol. The summed E-state index contributed by atoms with van der Waals surface area (Å²) in [6.07, 6.45) is 3.74. The Morgan fingerprint density at radius 1 is 1.20 bits per heavy atom. The highest BCUT2D eigenvalue weighted by atomic mass is 15.1. The maximum atomic E-state index is 4.01. The third-order valence-corrected chi connectivity index (χ3v) is 2.17. The van der Waals surface area contributed by atoms with Crippen LogP contribution in [-0.2, 0) is 5.41 Å². The lowest BCUT2D eigenvalue weighted by Crippen LogP contribution is -2.09. The zero-order valence-electron chi connectivity index (χ0n) is 10.1. The number of nitrogens with zero attached hydrogens (tertiary/aromatic N) is 2. The Hall–Kier alpha value is -1.38. The molecule has 0 amide bonds. The van der Waals surface area contributed by atoms with Crippen LogP contribution in [0.2, 0.25) is 0 Å². The number of nitrogens with one attached hydrogen (secondary N) is 1. The second kappa shape index (κ2) is 4.43. The van der Waals surface area contributed by atoms with E-state index < -0.39 is 0 Å². The summed E-state index contributed by atoms with van der Waals surface area (Å²) < 4.78 is 0. The second-order valence-corrected chi connectivity index (χ2v) is 4.25. The van der Waals surface area contributed by atoms with Gasteiger partial charge in [-0.15, -0.1) is 5.10 Å². The van der Waals surface area contributed by atoms with E-state index in [1.807, 2.05) is 26.1 Å². The van der Waals surface area contributed by atoms with Gasteiger partial charge >= 0.3 is 0 Å². The number of H-pyrrole nitrogens is 1. The van der Waals surface area contributed by atoms with Crippen LogP contribution in [0.4, 0.5) is 0 Å². The summed E-state index contributed by atoms with van der Waals surface area (Å²) in [5.74, 6) is 0. The SMILES string of the molecule is CC.CC(C)(C)c1c[nH]c2nnccc12. The van der Waals surface area contributed by atoms with Crippen molar-refractivity contribution in [1.82, 2.24) is 15.2 Å². The summed E-state index contributed by atoms with van der Waals surface area (Å²) >= 11 is 0. The van der Waals surface area contributed by atoms with E-state index in [2.05, 4.69) is 36.0 Å². The molecule has 0 saturated heterocycles. The van der Waals surface area contributed by atoms with Crippen LogP contribution >= 0.6 is 0 Å². The van der Waals surface area contributed by atoms with Crippen LogP contribution in [0.3, 0.4) is 0 Å². The van der Waals surface area contributed by atoms with E-state index in [4.69, 9.17) is 0 Å². The lowest BCUT2D eigenvalue weighted by molar-refractivity contribution is 0.596. The summed E-state index contributed by atoms with van der Waals surface area (Å²) in [6, 6.07) is 2.00. The molecule has 0 saturated carbocycles. The third-order valence-electron chi connectivity index (χ3n) is 2.17. The van der Waals surface area contributed by atoms with Crippen molar-refractivity contribution in [2.75, 3.05) is 0 Å². The van der Waals surface area contributed by atoms with Crippen LogP contribution in [-0.4, -0.2) is 15.2 Å². The van der Waals surface area contributed by atoms with E-state index in [1.165, 1.54) is 10.9 Å². The van der Waals surface area contributed by atoms with Crippen LogP contribution in [0, 0.1) is 0 Å². The van der Waals surface area contributed by atoms with Gasteiger partial charge in [-0.05, 0) is 17.0 Å². The highest BCUT2D eigenvalue weighted by Gasteiger charge is 2.18. The van der Waals surface area contributed by atoms with Gasteiger partial charge in [0.2, 0.25) is 0 Å². The van der Waals surface area contributed by atoms with Crippen LogP contribution < -0.4 is 0 Å². The first kappa shape index (κ1) is 11.7. The molecule has 0 aliphatic heterocycles. The van der Waals surface area contributed by atoms with Crippen molar-refractivity contribution in [3.05, 3.63) is 24.0 Å². The van der Waals surface area contributed by atoms with Gasteiger partial charge in [0.05, 0.1) is 6.20 Å². The number of hydrogen-bond acceptors (Lipinski definition) is 2. The van der Waals surface area contributed by atoms with Crippen LogP contribution in [0.5, 0.6) is 0 Å². The first-order valence-corrected chi connectivity index (χ1v) is 5.38. The molecule has 0 fully saturated rings. The first-order chi connectivity index (χ1) is 7.09. The Morgan fingerprint density at radius 2 is 1.87 bits per heavy atom. The highest BCUT2D eigenvalue weighted by Crippen LogP contribution is 2.28. The van der Waals surface area contributed by atoms with Crippen molar-refractivity contribution in [2.24, 2.45) is 0 Å². The van der Waals surface area contributed by atoms with Gasteiger partial charge in [-0.25, -0.2) is 0 Å². The smallest absolute Gasteiger partial charge is 0.160 e. The lowest BCUT2D eigenvalue weighted by atomic mass is 9.87. The minimum Gasteiger partial charge on any atom is -0.344 e. The summed E-state index contributed by atoms with van der Waals surface area (Å²) in [5, 5.41) is 9.01. The molecule has 2 heterocycles. The molecule has 0 aliphatic rings. The normalized spacial score (nSPS) is 11.0. The molecule has 0 unspecified atom stereocenters. The average molecular weight is 205 g/mol. The van der Waals surface area contributed by atoms with Crippen molar-refractivity contribution in [3.63, 3.8) is 0 Å². The van der Waals surface area contributed by atoms with Gasteiger partial charge in [0.25, 0.3) is 0 Å². The zero-order chi connectivity index (χ0) is 11.5. The Kier molecular flexibility index (Phi) is 3.45. The molecule has 0 radical (unpaired) electrons. The fourth-order valence-electron chi connectivity index (χ4n) is 1.49. The van der Waals surface area contributed by atoms with Crippen LogP contribution in [0.15, 0.2) is 18.5 Å². The maximum Gasteiger partial charge on any atom is 0.160 e. The first-order valence-electron chi connectivity index (χ1n) is 5.38. The average Bonchev–Trinajstić information content (AvgIpc) is 2.63. The molecule has 0 atom stereocenters. The van der Waals surface area contributed by atoms with Crippen molar-refractivity contribution in [2.45, 2.75) is 40.0 Å². The van der Waals surface area contributed by atoms with Gasteiger partial charge in [-0.3, -0.25) is 0 Å². The number of hydrogen-bond donors (Lipinski definition) is 1. The highest BCUT2D eigenvalue weighted by molar-refractivity contribution is 5.80. The van der Waals surface area contributed by atoms with E-state index in [0.29, 0.717) is 0 Å². The summed E-state index contributed by atoms with van der Waals surface area (Å²) in [7, 11) is 0. The molecule has 2 aromatic rings. The van der Waals surface area contributed by atoms with Gasteiger partial charge in [0, 0.05) is 11.6 Å². The van der Waals surface area contributed by atoms with Crippen molar-refractivity contribution >= 4 is 11.0 Å². The number of aromatic amines is 1. The van der Waals surface area contributed by atoms with E-state index in [9.17, 15) is 0 Å². The lowest BCUT2D eigenvalue weighted by Gasteiger charge is -2.16. The monoisotopic (exact) mass is 205 g/mol. The number of aromatic nitrogens is 3. The summed E-state index contributed by atoms with van der Waals surface area (Å²) in [6.45, 7) is 10.6. The Labute approximate surface area is 90.9 Å². The van der Waals surface area contributed by atoms with Crippen molar-refractivity contribution < 1.29 is 0 Å². The molecule has 0 spiro atoms. The predicted octanol–water partition coefficient (Wildman–Crippen LogP) is 3.28. The zero-order valence-corrected chi connectivity index (χ0v) is 10.1. The minimum absolute atomic E-state index is 0.154. The largest absolute Gasteiger partial charge is 0.344 e. The minimum atomic E-state index is 0.154. The van der Waals surface area contributed by atoms with Crippen LogP contribution in [0.1, 0.15) is 40.2 Å². The quantitative estimate of drug-likeness (QED) is 0.717. The predicted molar refractivity (Wildman–Crippen MR) is 63.9 cm³/mol. The fraction of sp³-hybridized carbons (Fsp3) is 0.500. The van der Waals surface area contributed by atoms with Crippen molar-refractivity contribution in [1.29, 1.82) is 0 Å². The maximum absolute atomic E-state index is 4.01. The van der Waals surface area contributed by atoms with Gasteiger partial charge in [0.15, 0.2) is 5.65 Å². The molecule has 15 heavy (non-hydrogen) atoms. The molecule has 2 rings (SSSR count). The van der Waals surface area contributed by atoms with E-state index >= 15 is 0 Å². The van der Waals surface area contributed by atoms with E-state index in [-0.39, 0.29) is 5.41 Å². The van der Waals surface area contributed by atoms with Gasteiger partial charge in [-0.2, -0.15) is 5.10 Å². The van der Waals surface area contributed by atoms with Gasteiger partial charge < -0.3 is 4.98 Å². The standard InChI is InChI=1S/C10H13N3.C2H6/c1-10(2,3)8-6-11-9-7(8)4-5-12-13-9;1-2/h4-6H,1-3H3,(H,11,13);1-2H3. The molecule has 82 valence electrons. The molecule has 0 aromatic carbocycles. The molecule has 3 heteroatoms. The number of fused-ring (bicyclic) bond motifs is 1. The molecule has 0 bridgehead atoms. The van der Waals surface area contributed by atoms with Gasteiger partial charge in [0.1, 0.15) is 0 Å². The fourth-order valence-corrected chi connectivity index (χ4v) is 1.49. The molecular formula is C12H19N3. The molecule has 0 aliphatic carbocycles. The van der Waals surface area contributed by atoms with E-state index in [0.717, 1.165) is 5.65 Å². The number of rotatable bonds is 0. The molecule has 2 aromatic heterocycles. The summed E-state index contributed by atoms with van der Waals surface area (Å²) in [5.41, 5.74) is 2.31. The Morgan fingerprint density at radius 3 is 2.47 bits per heavy atom. The summed E-state index contributed by atoms with van der Waals surface area (Å²) in [4.78, 5) is 3.12. The van der Waals surface area contributed by atoms with Crippen LogP contribution in [0.25, 0.3) is 11.0 Å².